The van der Waals surface area contributed by atoms with Crippen molar-refractivity contribution < 1.29 is 4.79 Å². The molecule has 0 aliphatic heterocycles. The van der Waals surface area contributed by atoms with Gasteiger partial charge in [0.25, 0.3) is 5.91 Å². The molecule has 2 aromatic carbocycles. The number of carbonyl (C=O) groups excluding carboxylic acids is 1. The van der Waals surface area contributed by atoms with E-state index in [-0.39, 0.29) is 5.91 Å². The number of carbonyl (C=O) groups is 1. The van der Waals surface area contributed by atoms with Gasteiger partial charge in [0.2, 0.25) is 0 Å². The van der Waals surface area contributed by atoms with Crippen molar-refractivity contribution in [2.24, 2.45) is 0 Å². The fourth-order valence-electron chi connectivity index (χ4n) is 2.46. The lowest BCUT2D eigenvalue weighted by atomic mass is 9.95. The van der Waals surface area contributed by atoms with Crippen LogP contribution in [-0.2, 0) is 0 Å². The predicted octanol–water partition coefficient (Wildman–Crippen LogP) is 4.18. The zero-order chi connectivity index (χ0) is 16.9. The molecule has 0 saturated heterocycles. The van der Waals surface area contributed by atoms with Crippen molar-refractivity contribution in [2.75, 3.05) is 5.32 Å². The number of pyridine rings is 1. The van der Waals surface area contributed by atoms with Crippen molar-refractivity contribution >= 4 is 11.7 Å². The lowest BCUT2D eigenvalue weighted by molar-refractivity contribution is 0.102. The maximum atomic E-state index is 12.7. The highest BCUT2D eigenvalue weighted by Gasteiger charge is 2.15. The van der Waals surface area contributed by atoms with Crippen molar-refractivity contribution in [3.05, 3.63) is 83.6 Å². The second-order valence-electron chi connectivity index (χ2n) is 5.38. The average Bonchev–Trinajstić information content (AvgIpc) is 2.63. The number of benzene rings is 2. The van der Waals surface area contributed by atoms with Crippen molar-refractivity contribution in [1.82, 2.24) is 4.98 Å². The third-order valence-electron chi connectivity index (χ3n) is 3.66. The molecule has 116 valence electrons. The molecule has 0 aliphatic rings. The Bertz CT molecular complexity index is 924. The minimum atomic E-state index is -0.255. The smallest absolute Gasteiger partial charge is 0.257 e. The Morgan fingerprint density at radius 3 is 2.42 bits per heavy atom. The van der Waals surface area contributed by atoms with E-state index in [9.17, 15) is 10.1 Å². The van der Waals surface area contributed by atoms with Crippen LogP contribution < -0.4 is 5.32 Å². The summed E-state index contributed by atoms with van der Waals surface area (Å²) in [6, 6.07) is 20.3. The molecule has 0 aliphatic carbocycles. The topological polar surface area (TPSA) is 65.8 Å². The molecule has 0 spiro atoms. The first-order valence-corrected chi connectivity index (χ1v) is 7.51. The van der Waals surface area contributed by atoms with Gasteiger partial charge in [-0.25, -0.2) is 4.98 Å². The molecular weight excluding hydrogens is 298 g/mol. The van der Waals surface area contributed by atoms with Gasteiger partial charge >= 0.3 is 0 Å². The van der Waals surface area contributed by atoms with Gasteiger partial charge in [-0.2, -0.15) is 5.26 Å². The molecule has 1 N–H and O–H groups in total. The van der Waals surface area contributed by atoms with E-state index in [1.807, 2.05) is 37.3 Å². The molecule has 0 saturated carbocycles. The summed E-state index contributed by atoms with van der Waals surface area (Å²) in [5, 5.41) is 12.1. The van der Waals surface area contributed by atoms with Crippen LogP contribution in [0.1, 0.15) is 21.5 Å². The number of hydrogen-bond acceptors (Lipinski definition) is 3. The fourth-order valence-corrected chi connectivity index (χ4v) is 2.46. The van der Waals surface area contributed by atoms with E-state index >= 15 is 0 Å². The summed E-state index contributed by atoms with van der Waals surface area (Å²) in [5.74, 6) is 0.240. The SMILES string of the molecule is Cc1ccc(NC(=O)c2ccccc2-c2ccccc2C#N)nc1. The zero-order valence-corrected chi connectivity index (χ0v) is 13.2. The van der Waals surface area contributed by atoms with Gasteiger partial charge in [0.15, 0.2) is 0 Å². The minimum Gasteiger partial charge on any atom is -0.307 e. The predicted molar refractivity (Wildman–Crippen MR) is 93.5 cm³/mol. The summed E-state index contributed by atoms with van der Waals surface area (Å²) in [6.45, 7) is 1.94. The fraction of sp³-hybridized carbons (Fsp3) is 0.0500. The number of aryl methyl sites for hydroxylation is 1. The third-order valence-corrected chi connectivity index (χ3v) is 3.66. The molecule has 1 heterocycles. The number of amides is 1. The van der Waals surface area contributed by atoms with Crippen LogP contribution in [0.4, 0.5) is 5.82 Å². The van der Waals surface area contributed by atoms with Crippen LogP contribution in [0, 0.1) is 18.3 Å². The van der Waals surface area contributed by atoms with Crippen LogP contribution in [0.15, 0.2) is 66.9 Å². The summed E-state index contributed by atoms with van der Waals surface area (Å²) in [7, 11) is 0. The maximum absolute atomic E-state index is 12.7. The van der Waals surface area contributed by atoms with Crippen LogP contribution in [0.3, 0.4) is 0 Å². The van der Waals surface area contributed by atoms with Gasteiger partial charge < -0.3 is 5.32 Å². The number of aromatic nitrogens is 1. The number of nitrogens with zero attached hydrogens (tertiary/aromatic N) is 2. The maximum Gasteiger partial charge on any atom is 0.257 e. The highest BCUT2D eigenvalue weighted by atomic mass is 16.1. The summed E-state index contributed by atoms with van der Waals surface area (Å²) < 4.78 is 0. The van der Waals surface area contributed by atoms with Crippen LogP contribution in [-0.4, -0.2) is 10.9 Å². The number of nitriles is 1. The standard InChI is InChI=1S/C20H15N3O/c1-14-10-11-19(22-13-14)23-20(24)18-9-5-4-8-17(18)16-7-3-2-6-15(16)12-21/h2-11,13H,1H3,(H,22,23,24). The second-order valence-corrected chi connectivity index (χ2v) is 5.38. The Morgan fingerprint density at radius 2 is 1.71 bits per heavy atom. The number of hydrogen-bond donors (Lipinski definition) is 1. The molecule has 0 radical (unpaired) electrons. The molecule has 3 rings (SSSR count). The number of anilines is 1. The van der Waals surface area contributed by atoms with Gasteiger partial charge in [-0.15, -0.1) is 0 Å². The molecule has 0 bridgehead atoms. The highest BCUT2D eigenvalue weighted by Crippen LogP contribution is 2.27. The van der Waals surface area contributed by atoms with E-state index in [1.165, 1.54) is 0 Å². The lowest BCUT2D eigenvalue weighted by Crippen LogP contribution is -2.14. The largest absolute Gasteiger partial charge is 0.307 e. The Balaban J connectivity index is 1.99. The first-order chi connectivity index (χ1) is 11.7. The van der Waals surface area contributed by atoms with E-state index < -0.39 is 0 Å². The normalized spacial score (nSPS) is 10.0. The zero-order valence-electron chi connectivity index (χ0n) is 13.2. The average molecular weight is 313 g/mol. The summed E-state index contributed by atoms with van der Waals surface area (Å²) >= 11 is 0. The summed E-state index contributed by atoms with van der Waals surface area (Å²) in [5.41, 5.74) is 3.52. The first kappa shape index (κ1) is 15.4. The van der Waals surface area contributed by atoms with Crippen molar-refractivity contribution in [3.8, 4) is 17.2 Å². The lowest BCUT2D eigenvalue weighted by Gasteiger charge is -2.11. The molecule has 1 amide bonds. The molecule has 0 unspecified atom stereocenters. The van der Waals surface area contributed by atoms with E-state index in [4.69, 9.17) is 0 Å². The van der Waals surface area contributed by atoms with E-state index in [0.29, 0.717) is 16.9 Å². The molecule has 4 nitrogen and oxygen atoms in total. The molecule has 0 fully saturated rings. The molecule has 3 aromatic rings. The summed E-state index contributed by atoms with van der Waals surface area (Å²) in [6.07, 6.45) is 1.70. The molecule has 24 heavy (non-hydrogen) atoms. The Morgan fingerprint density at radius 1 is 1.00 bits per heavy atom. The van der Waals surface area contributed by atoms with Crippen LogP contribution in [0.25, 0.3) is 11.1 Å². The monoisotopic (exact) mass is 313 g/mol. The van der Waals surface area contributed by atoms with Crippen molar-refractivity contribution in [3.63, 3.8) is 0 Å². The molecule has 0 atom stereocenters. The second kappa shape index (κ2) is 6.76. The van der Waals surface area contributed by atoms with Gasteiger partial charge in [0.05, 0.1) is 11.6 Å². The van der Waals surface area contributed by atoms with Crippen LogP contribution >= 0.6 is 0 Å². The van der Waals surface area contributed by atoms with E-state index in [0.717, 1.165) is 16.7 Å². The van der Waals surface area contributed by atoms with E-state index in [1.54, 1.807) is 36.5 Å². The molecule has 1 aromatic heterocycles. The Kier molecular flexibility index (Phi) is 4.35. The number of rotatable bonds is 3. The van der Waals surface area contributed by atoms with Gasteiger partial charge in [-0.3, -0.25) is 4.79 Å². The van der Waals surface area contributed by atoms with Crippen LogP contribution in [0.2, 0.25) is 0 Å². The summed E-state index contributed by atoms with van der Waals surface area (Å²) in [4.78, 5) is 16.9. The third kappa shape index (κ3) is 3.16. The van der Waals surface area contributed by atoms with Gasteiger partial charge in [-0.05, 0) is 36.2 Å². The number of nitrogens with one attached hydrogen (secondary N) is 1. The van der Waals surface area contributed by atoms with Crippen LogP contribution in [0.5, 0.6) is 0 Å². The van der Waals surface area contributed by atoms with Gasteiger partial charge in [0.1, 0.15) is 5.82 Å². The molecular formula is C20H15N3O. The van der Waals surface area contributed by atoms with Crippen molar-refractivity contribution in [1.29, 1.82) is 5.26 Å². The highest BCUT2D eigenvalue weighted by molar-refractivity contribution is 6.08. The van der Waals surface area contributed by atoms with Gasteiger partial charge in [0, 0.05) is 17.3 Å². The molecule has 4 heteroatoms. The van der Waals surface area contributed by atoms with Crippen molar-refractivity contribution in [2.45, 2.75) is 6.92 Å². The minimum absolute atomic E-state index is 0.255. The quantitative estimate of drug-likeness (QED) is 0.788. The Hall–Kier alpha value is -3.45. The van der Waals surface area contributed by atoms with Gasteiger partial charge in [-0.1, -0.05) is 42.5 Å². The Labute approximate surface area is 140 Å². The van der Waals surface area contributed by atoms with E-state index in [2.05, 4.69) is 16.4 Å². The first-order valence-electron chi connectivity index (χ1n) is 7.51.